The van der Waals surface area contributed by atoms with Crippen LogP contribution in [0.1, 0.15) is 18.1 Å². The van der Waals surface area contributed by atoms with Crippen molar-refractivity contribution in [3.8, 4) is 0 Å². The highest BCUT2D eigenvalue weighted by molar-refractivity contribution is 6.31. The summed E-state index contributed by atoms with van der Waals surface area (Å²) in [6.07, 6.45) is 0. The number of imide groups is 1. The van der Waals surface area contributed by atoms with E-state index in [1.54, 1.807) is 31.2 Å². The van der Waals surface area contributed by atoms with Crippen molar-refractivity contribution in [2.24, 2.45) is 0 Å². The smallest absolute Gasteiger partial charge is 0.325 e. The number of nitrogens with one attached hydrogen (secondary N) is 1. The Balaban J connectivity index is 1.74. The number of nitrogens with zero attached hydrogens (tertiary/aromatic N) is 2. The van der Waals surface area contributed by atoms with Gasteiger partial charge in [-0.2, -0.15) is 0 Å². The van der Waals surface area contributed by atoms with Crippen molar-refractivity contribution in [1.29, 1.82) is 0 Å². The Kier molecular flexibility index (Phi) is 5.82. The molecule has 3 rings (SSSR count). The third-order valence-electron chi connectivity index (χ3n) is 4.87. The van der Waals surface area contributed by atoms with Gasteiger partial charge in [-0.05, 0) is 36.8 Å². The van der Waals surface area contributed by atoms with Crippen LogP contribution < -0.4 is 5.32 Å². The molecule has 152 valence electrons. The summed E-state index contributed by atoms with van der Waals surface area (Å²) in [5.74, 6) is -1.63. The summed E-state index contributed by atoms with van der Waals surface area (Å²) in [6.45, 7) is 0.989. The SMILES string of the molecule is CN(Cc1c(F)cccc1Cl)C(=O)CN1C(=O)NC(C)(c2ccc(Cl)cc2)C1=O. The first kappa shape index (κ1) is 21.1. The van der Waals surface area contributed by atoms with E-state index in [0.29, 0.717) is 10.6 Å². The van der Waals surface area contributed by atoms with Gasteiger partial charge in [-0.15, -0.1) is 0 Å². The normalized spacial score (nSPS) is 18.7. The van der Waals surface area contributed by atoms with Gasteiger partial charge in [0.1, 0.15) is 17.9 Å². The Labute approximate surface area is 177 Å². The molecule has 2 aromatic rings. The molecule has 0 bridgehead atoms. The minimum absolute atomic E-state index is 0.0948. The van der Waals surface area contributed by atoms with Crippen molar-refractivity contribution in [1.82, 2.24) is 15.1 Å². The average molecular weight is 438 g/mol. The third-order valence-corrected chi connectivity index (χ3v) is 5.48. The highest BCUT2D eigenvalue weighted by Gasteiger charge is 2.49. The lowest BCUT2D eigenvalue weighted by atomic mass is 9.92. The van der Waals surface area contributed by atoms with Crippen LogP contribution in [0, 0.1) is 5.82 Å². The van der Waals surface area contributed by atoms with Crippen molar-refractivity contribution >= 4 is 41.0 Å². The van der Waals surface area contributed by atoms with E-state index >= 15 is 0 Å². The monoisotopic (exact) mass is 437 g/mol. The summed E-state index contributed by atoms with van der Waals surface area (Å²) >= 11 is 11.9. The zero-order valence-electron chi connectivity index (χ0n) is 15.7. The molecule has 0 aromatic heterocycles. The maximum absolute atomic E-state index is 14.0. The van der Waals surface area contributed by atoms with Gasteiger partial charge < -0.3 is 10.2 Å². The molecule has 1 heterocycles. The summed E-state index contributed by atoms with van der Waals surface area (Å²) < 4.78 is 14.0. The Hall–Kier alpha value is -2.64. The minimum atomic E-state index is -1.31. The van der Waals surface area contributed by atoms with E-state index in [0.717, 1.165) is 4.90 Å². The van der Waals surface area contributed by atoms with E-state index in [1.807, 2.05) is 0 Å². The van der Waals surface area contributed by atoms with Crippen molar-refractivity contribution in [2.45, 2.75) is 19.0 Å². The summed E-state index contributed by atoms with van der Waals surface area (Å²) in [5.41, 5.74) is -0.607. The average Bonchev–Trinajstić information content (AvgIpc) is 2.89. The third kappa shape index (κ3) is 4.06. The number of likely N-dealkylation sites (N-methyl/N-ethyl adjacent to an activating group) is 1. The zero-order chi connectivity index (χ0) is 21.3. The first-order chi connectivity index (χ1) is 13.6. The van der Waals surface area contributed by atoms with E-state index in [2.05, 4.69) is 5.32 Å². The van der Waals surface area contributed by atoms with Crippen LogP contribution in [0.15, 0.2) is 42.5 Å². The van der Waals surface area contributed by atoms with E-state index in [1.165, 1.54) is 30.1 Å². The molecule has 1 aliphatic rings. The fourth-order valence-corrected chi connectivity index (χ4v) is 3.43. The fraction of sp³-hybridized carbons (Fsp3) is 0.250. The number of hydrogen-bond donors (Lipinski definition) is 1. The van der Waals surface area contributed by atoms with E-state index in [-0.39, 0.29) is 17.1 Å². The quantitative estimate of drug-likeness (QED) is 0.726. The standard InChI is InChI=1S/C20H18Cl2FN3O3/c1-20(12-6-8-13(21)9-7-12)18(28)26(19(29)24-20)11-17(27)25(2)10-14-15(22)4-3-5-16(14)23/h3-9H,10-11H2,1-2H3,(H,24,29). The Morgan fingerprint density at radius 3 is 2.45 bits per heavy atom. The molecule has 1 aliphatic heterocycles. The lowest BCUT2D eigenvalue weighted by molar-refractivity contribution is -0.138. The van der Waals surface area contributed by atoms with Crippen molar-refractivity contribution in [2.75, 3.05) is 13.6 Å². The number of carbonyl (C=O) groups is 3. The largest absolute Gasteiger partial charge is 0.340 e. The van der Waals surface area contributed by atoms with Gasteiger partial charge in [0.2, 0.25) is 5.91 Å². The molecule has 1 saturated heterocycles. The molecular weight excluding hydrogens is 420 g/mol. The van der Waals surface area contributed by atoms with Gasteiger partial charge in [0, 0.05) is 29.2 Å². The summed E-state index contributed by atoms with van der Waals surface area (Å²) in [6, 6.07) is 10.0. The molecule has 9 heteroatoms. The lowest BCUT2D eigenvalue weighted by Gasteiger charge is -2.23. The first-order valence-corrected chi connectivity index (χ1v) is 9.46. The van der Waals surface area contributed by atoms with E-state index in [4.69, 9.17) is 23.2 Å². The number of amides is 4. The number of hydrogen-bond acceptors (Lipinski definition) is 3. The molecule has 0 radical (unpaired) electrons. The van der Waals surface area contributed by atoms with Gasteiger partial charge in [-0.3, -0.25) is 14.5 Å². The van der Waals surface area contributed by atoms with Crippen LogP contribution in [0.25, 0.3) is 0 Å². The molecule has 4 amide bonds. The number of urea groups is 1. The van der Waals surface area contributed by atoms with Gasteiger partial charge in [0.15, 0.2) is 0 Å². The molecule has 0 saturated carbocycles. The Morgan fingerprint density at radius 1 is 1.17 bits per heavy atom. The van der Waals surface area contributed by atoms with E-state index < -0.39 is 35.7 Å². The number of carbonyl (C=O) groups excluding carboxylic acids is 3. The molecule has 2 aromatic carbocycles. The fourth-order valence-electron chi connectivity index (χ4n) is 3.08. The van der Waals surface area contributed by atoms with Gasteiger partial charge >= 0.3 is 6.03 Å². The maximum atomic E-state index is 14.0. The van der Waals surface area contributed by atoms with Gasteiger partial charge in [-0.25, -0.2) is 9.18 Å². The number of halogens is 3. The second-order valence-electron chi connectivity index (χ2n) is 6.90. The molecule has 29 heavy (non-hydrogen) atoms. The molecule has 0 spiro atoms. The predicted molar refractivity (Wildman–Crippen MR) is 107 cm³/mol. The molecule has 1 fully saturated rings. The summed E-state index contributed by atoms with van der Waals surface area (Å²) in [5, 5.41) is 3.31. The van der Waals surface area contributed by atoms with Crippen LogP contribution in [0.2, 0.25) is 10.0 Å². The second kappa shape index (κ2) is 8.00. The zero-order valence-corrected chi connectivity index (χ0v) is 17.2. The van der Waals surface area contributed by atoms with Crippen LogP contribution in [0.4, 0.5) is 9.18 Å². The maximum Gasteiger partial charge on any atom is 0.325 e. The lowest BCUT2D eigenvalue weighted by Crippen LogP contribution is -2.43. The van der Waals surface area contributed by atoms with Crippen LogP contribution >= 0.6 is 23.2 Å². The Bertz CT molecular complexity index is 963. The van der Waals surface area contributed by atoms with Gasteiger partial charge in [0.05, 0.1) is 0 Å². The van der Waals surface area contributed by atoms with Crippen LogP contribution in [-0.4, -0.2) is 41.2 Å². The van der Waals surface area contributed by atoms with Crippen molar-refractivity contribution in [3.63, 3.8) is 0 Å². The predicted octanol–water partition coefficient (Wildman–Crippen LogP) is 3.56. The number of benzene rings is 2. The molecule has 1 N–H and O–H groups in total. The molecule has 1 atom stereocenters. The van der Waals surface area contributed by atoms with Crippen LogP contribution in [0.5, 0.6) is 0 Å². The van der Waals surface area contributed by atoms with Crippen LogP contribution in [-0.2, 0) is 21.7 Å². The molecule has 1 unspecified atom stereocenters. The molecule has 6 nitrogen and oxygen atoms in total. The molecule has 0 aliphatic carbocycles. The van der Waals surface area contributed by atoms with Crippen molar-refractivity contribution in [3.05, 3.63) is 69.5 Å². The highest BCUT2D eigenvalue weighted by Crippen LogP contribution is 2.29. The first-order valence-electron chi connectivity index (χ1n) is 8.70. The van der Waals surface area contributed by atoms with Gasteiger partial charge in [-0.1, -0.05) is 41.4 Å². The van der Waals surface area contributed by atoms with Crippen molar-refractivity contribution < 1.29 is 18.8 Å². The number of rotatable bonds is 5. The van der Waals surface area contributed by atoms with Gasteiger partial charge in [0.25, 0.3) is 5.91 Å². The van der Waals surface area contributed by atoms with Crippen LogP contribution in [0.3, 0.4) is 0 Å². The summed E-state index contributed by atoms with van der Waals surface area (Å²) in [7, 11) is 1.45. The second-order valence-corrected chi connectivity index (χ2v) is 7.75. The topological polar surface area (TPSA) is 69.7 Å². The van der Waals surface area contributed by atoms with E-state index in [9.17, 15) is 18.8 Å². The minimum Gasteiger partial charge on any atom is -0.340 e. The Morgan fingerprint density at radius 2 is 1.83 bits per heavy atom. The summed E-state index contributed by atoms with van der Waals surface area (Å²) in [4.78, 5) is 39.9. The molecular formula is C20H18Cl2FN3O3. The highest BCUT2D eigenvalue weighted by atomic mass is 35.5.